The van der Waals surface area contributed by atoms with Gasteiger partial charge in [-0.3, -0.25) is 14.4 Å². The van der Waals surface area contributed by atoms with Crippen LogP contribution in [0.3, 0.4) is 0 Å². The highest BCUT2D eigenvalue weighted by Crippen LogP contribution is 2.36. The molecule has 0 fully saturated rings. The SMILES string of the molecule is Nc1cc2c(=O)c3cc(Br)cc(Br)c3[nH]c2c2c1C(=O)c1ccccc1C2=O. The largest absolute Gasteiger partial charge is 0.398 e. The molecule has 0 radical (unpaired) electrons. The molecule has 5 nitrogen and oxygen atoms in total. The number of pyridine rings is 1. The predicted octanol–water partition coefficient (Wildman–Crippen LogP) is 4.56. The van der Waals surface area contributed by atoms with Crippen molar-refractivity contribution >= 4 is 70.9 Å². The number of aromatic nitrogens is 1. The van der Waals surface area contributed by atoms with Crippen LogP contribution in [-0.2, 0) is 0 Å². The molecule has 3 N–H and O–H groups in total. The van der Waals surface area contributed by atoms with Crippen molar-refractivity contribution in [3.05, 3.63) is 83.9 Å². The minimum Gasteiger partial charge on any atom is -0.398 e. The molecule has 1 aliphatic rings. The number of anilines is 1. The van der Waals surface area contributed by atoms with Crippen LogP contribution in [-0.4, -0.2) is 16.6 Å². The molecular weight excluding hydrogens is 488 g/mol. The highest BCUT2D eigenvalue weighted by atomic mass is 79.9. The Balaban J connectivity index is 2.01. The Bertz CT molecular complexity index is 1450. The fourth-order valence-electron chi connectivity index (χ4n) is 3.78. The molecule has 0 atom stereocenters. The molecule has 7 heteroatoms. The molecule has 1 heterocycles. The summed E-state index contributed by atoms with van der Waals surface area (Å²) >= 11 is 6.84. The summed E-state index contributed by atoms with van der Waals surface area (Å²) in [4.78, 5) is 42.6. The number of benzene rings is 3. The fraction of sp³-hybridized carbons (Fsp3) is 0. The molecule has 136 valence electrons. The molecule has 28 heavy (non-hydrogen) atoms. The number of nitrogen functional groups attached to an aromatic ring is 1. The molecule has 0 saturated carbocycles. The van der Waals surface area contributed by atoms with Crippen LogP contribution in [0.15, 0.2) is 56.2 Å². The summed E-state index contributed by atoms with van der Waals surface area (Å²) in [7, 11) is 0. The summed E-state index contributed by atoms with van der Waals surface area (Å²) in [5, 5.41) is 0.720. The second-order valence-electron chi connectivity index (χ2n) is 6.61. The van der Waals surface area contributed by atoms with Crippen LogP contribution in [0.25, 0.3) is 21.8 Å². The second-order valence-corrected chi connectivity index (χ2v) is 8.38. The van der Waals surface area contributed by atoms with E-state index in [1.807, 2.05) is 0 Å². The third-order valence-corrected chi connectivity index (χ3v) is 6.11. The van der Waals surface area contributed by atoms with Gasteiger partial charge in [-0.2, -0.15) is 0 Å². The number of H-pyrrole nitrogens is 1. The van der Waals surface area contributed by atoms with Crippen molar-refractivity contribution < 1.29 is 9.59 Å². The number of halogens is 2. The molecule has 1 aromatic heterocycles. The number of fused-ring (bicyclic) bond motifs is 5. The minimum absolute atomic E-state index is 0.120. The Hall–Kier alpha value is -2.77. The van der Waals surface area contributed by atoms with Gasteiger partial charge in [0.05, 0.1) is 22.2 Å². The molecule has 0 saturated heterocycles. The molecular formula is C21H10Br2N2O3. The molecule has 5 rings (SSSR count). The fourth-order valence-corrected chi connectivity index (χ4v) is 5.11. The number of nitrogens with one attached hydrogen (secondary N) is 1. The van der Waals surface area contributed by atoms with Crippen LogP contribution in [0, 0.1) is 0 Å². The molecule has 1 aliphatic carbocycles. The monoisotopic (exact) mass is 496 g/mol. The zero-order valence-corrected chi connectivity index (χ0v) is 17.3. The standard InChI is InChI=1S/C21H10Br2N2O3/c22-8-5-11-17(13(23)6-8)25-18-12(19(11)26)7-14(24)15-16(18)21(28)10-4-2-1-3-9(10)20(15)27/h1-7H,24H2,(H,25,26). The summed E-state index contributed by atoms with van der Waals surface area (Å²) in [5.41, 5.74) is 7.78. The van der Waals surface area contributed by atoms with E-state index in [1.54, 1.807) is 36.4 Å². The Morgan fingerprint density at radius 3 is 2.07 bits per heavy atom. The van der Waals surface area contributed by atoms with Gasteiger partial charge >= 0.3 is 0 Å². The van der Waals surface area contributed by atoms with E-state index >= 15 is 0 Å². The van der Waals surface area contributed by atoms with E-state index in [4.69, 9.17) is 5.73 Å². The molecule has 4 aromatic rings. The molecule has 0 unspecified atom stereocenters. The maximum atomic E-state index is 13.3. The van der Waals surface area contributed by atoms with Gasteiger partial charge in [0, 0.05) is 36.5 Å². The minimum atomic E-state index is -0.328. The Kier molecular flexibility index (Phi) is 3.63. The first kappa shape index (κ1) is 17.3. The number of aromatic amines is 1. The van der Waals surface area contributed by atoms with E-state index in [-0.39, 0.29) is 39.2 Å². The highest BCUT2D eigenvalue weighted by Gasteiger charge is 2.33. The zero-order valence-electron chi connectivity index (χ0n) is 14.1. The maximum absolute atomic E-state index is 13.3. The van der Waals surface area contributed by atoms with Crippen molar-refractivity contribution in [2.75, 3.05) is 5.73 Å². The van der Waals surface area contributed by atoms with Crippen LogP contribution < -0.4 is 11.2 Å². The van der Waals surface area contributed by atoms with Gasteiger partial charge in [0.1, 0.15) is 0 Å². The summed E-state index contributed by atoms with van der Waals surface area (Å²) in [6.07, 6.45) is 0. The summed E-state index contributed by atoms with van der Waals surface area (Å²) in [6.45, 7) is 0. The molecule has 0 aliphatic heterocycles. The number of hydrogen-bond donors (Lipinski definition) is 2. The van der Waals surface area contributed by atoms with Gasteiger partial charge in [0.2, 0.25) is 0 Å². The number of rotatable bonds is 0. The third-order valence-electron chi connectivity index (χ3n) is 5.02. The van der Waals surface area contributed by atoms with Crippen molar-refractivity contribution in [2.24, 2.45) is 0 Å². The number of nitrogens with two attached hydrogens (primary N) is 1. The second kappa shape index (κ2) is 5.86. The van der Waals surface area contributed by atoms with Crippen LogP contribution in [0.4, 0.5) is 5.69 Å². The maximum Gasteiger partial charge on any atom is 0.197 e. The Morgan fingerprint density at radius 2 is 1.39 bits per heavy atom. The van der Waals surface area contributed by atoms with E-state index in [0.29, 0.717) is 32.0 Å². The molecule has 0 amide bonds. The van der Waals surface area contributed by atoms with Crippen LogP contribution in [0.2, 0.25) is 0 Å². The van der Waals surface area contributed by atoms with Gasteiger partial charge in [-0.05, 0) is 34.1 Å². The van der Waals surface area contributed by atoms with E-state index < -0.39 is 0 Å². The van der Waals surface area contributed by atoms with Gasteiger partial charge < -0.3 is 10.7 Å². The van der Waals surface area contributed by atoms with E-state index in [2.05, 4.69) is 36.8 Å². The average molecular weight is 498 g/mol. The average Bonchev–Trinajstić information content (AvgIpc) is 2.67. The lowest BCUT2D eigenvalue weighted by Crippen LogP contribution is -2.24. The zero-order chi connectivity index (χ0) is 19.7. The first-order valence-corrected chi connectivity index (χ1v) is 9.92. The molecule has 0 spiro atoms. The molecule has 0 bridgehead atoms. The smallest absolute Gasteiger partial charge is 0.197 e. The summed E-state index contributed by atoms with van der Waals surface area (Å²) < 4.78 is 1.40. The van der Waals surface area contributed by atoms with Gasteiger partial charge in [-0.15, -0.1) is 0 Å². The van der Waals surface area contributed by atoms with E-state index in [1.165, 1.54) is 6.07 Å². The van der Waals surface area contributed by atoms with Crippen LogP contribution in [0.5, 0.6) is 0 Å². The number of ketones is 2. The van der Waals surface area contributed by atoms with Crippen molar-refractivity contribution in [1.29, 1.82) is 0 Å². The normalized spacial score (nSPS) is 13.1. The summed E-state index contributed by atoms with van der Waals surface area (Å²) in [5.74, 6) is -0.647. The lowest BCUT2D eigenvalue weighted by Gasteiger charge is -2.21. The molecule has 3 aromatic carbocycles. The predicted molar refractivity (Wildman–Crippen MR) is 115 cm³/mol. The van der Waals surface area contributed by atoms with Gasteiger partial charge in [0.25, 0.3) is 0 Å². The first-order valence-electron chi connectivity index (χ1n) is 8.34. The first-order chi connectivity index (χ1) is 13.4. The van der Waals surface area contributed by atoms with Gasteiger partial charge in [-0.1, -0.05) is 40.2 Å². The topological polar surface area (TPSA) is 93.0 Å². The third kappa shape index (κ3) is 2.20. The van der Waals surface area contributed by atoms with E-state index in [0.717, 1.165) is 4.47 Å². The number of carbonyl (C=O) groups excluding carboxylic acids is 2. The van der Waals surface area contributed by atoms with Crippen LogP contribution in [0.1, 0.15) is 31.8 Å². The lowest BCUT2D eigenvalue weighted by molar-refractivity contribution is 0.0981. The van der Waals surface area contributed by atoms with Crippen molar-refractivity contribution in [3.63, 3.8) is 0 Å². The van der Waals surface area contributed by atoms with Crippen molar-refractivity contribution in [3.8, 4) is 0 Å². The number of carbonyl (C=O) groups is 2. The quantitative estimate of drug-likeness (QED) is 0.242. The van der Waals surface area contributed by atoms with Crippen molar-refractivity contribution in [2.45, 2.75) is 0 Å². The van der Waals surface area contributed by atoms with Gasteiger partial charge in [-0.25, -0.2) is 0 Å². The van der Waals surface area contributed by atoms with Crippen LogP contribution >= 0.6 is 31.9 Å². The Labute approximate surface area is 174 Å². The van der Waals surface area contributed by atoms with E-state index in [9.17, 15) is 14.4 Å². The van der Waals surface area contributed by atoms with Crippen molar-refractivity contribution in [1.82, 2.24) is 4.98 Å². The number of hydrogen-bond acceptors (Lipinski definition) is 4. The van der Waals surface area contributed by atoms with Gasteiger partial charge in [0.15, 0.2) is 17.0 Å². The lowest BCUT2D eigenvalue weighted by atomic mass is 9.82. The Morgan fingerprint density at radius 1 is 0.786 bits per heavy atom. The highest BCUT2D eigenvalue weighted by molar-refractivity contribution is 9.11. The summed E-state index contributed by atoms with van der Waals surface area (Å²) in [6, 6.07) is 11.6.